The molecule has 1 saturated carbocycles. The van der Waals surface area contributed by atoms with Crippen LogP contribution in [0.15, 0.2) is 10.7 Å². The molecule has 0 aliphatic heterocycles. The van der Waals surface area contributed by atoms with Gasteiger partial charge in [-0.1, -0.05) is 0 Å². The van der Waals surface area contributed by atoms with E-state index in [1.165, 1.54) is 4.68 Å². The van der Waals surface area contributed by atoms with Crippen molar-refractivity contribution in [2.75, 3.05) is 0 Å². The molecule has 0 aromatic carbocycles. The van der Waals surface area contributed by atoms with Crippen molar-refractivity contribution in [2.45, 2.75) is 58.7 Å². The molecule has 0 saturated heterocycles. The van der Waals surface area contributed by atoms with Crippen LogP contribution in [-0.4, -0.2) is 25.5 Å². The molecule has 9 heteroatoms. The van der Waals surface area contributed by atoms with Gasteiger partial charge >= 0.3 is 0 Å². The molecule has 1 N–H and O–H groups in total. The summed E-state index contributed by atoms with van der Waals surface area (Å²) in [6, 6.07) is 0. The molecule has 0 unspecified atom stereocenters. The lowest BCUT2D eigenvalue weighted by Crippen LogP contribution is -2.28. The van der Waals surface area contributed by atoms with Crippen molar-refractivity contribution in [3.8, 4) is 0 Å². The van der Waals surface area contributed by atoms with Gasteiger partial charge in [0, 0.05) is 30.8 Å². The van der Waals surface area contributed by atoms with E-state index in [9.17, 15) is 13.6 Å². The maximum Gasteiger partial charge on any atom is 0.283 e. The molecule has 3 rings (SSSR count). The van der Waals surface area contributed by atoms with E-state index in [2.05, 4.69) is 31.4 Å². The monoisotopic (exact) mass is 415 g/mol. The van der Waals surface area contributed by atoms with E-state index < -0.39 is 6.43 Å². The maximum atomic E-state index is 13.1. The van der Waals surface area contributed by atoms with Crippen LogP contribution in [0.1, 0.15) is 54.8 Å². The number of aryl methyl sites for hydroxylation is 2. The van der Waals surface area contributed by atoms with Crippen LogP contribution in [0, 0.1) is 6.92 Å². The van der Waals surface area contributed by atoms with Crippen molar-refractivity contribution in [1.82, 2.24) is 24.9 Å². The number of nitrogens with one attached hydrogen (secondary N) is 1. The smallest absolute Gasteiger partial charge is 0.283 e. The lowest BCUT2D eigenvalue weighted by molar-refractivity contribution is -0.122. The maximum absolute atomic E-state index is 13.1. The van der Waals surface area contributed by atoms with Crippen LogP contribution in [0.2, 0.25) is 0 Å². The second kappa shape index (κ2) is 7.23. The predicted molar refractivity (Wildman–Crippen MR) is 91.3 cm³/mol. The van der Waals surface area contributed by atoms with Gasteiger partial charge in [0.05, 0.1) is 15.9 Å². The SMILES string of the molecule is CCn1cc(CNC(=O)Cn2nc(C(F)F)c(Br)c2C2CC2)c(C)n1. The molecule has 0 bridgehead atoms. The third-order valence-corrected chi connectivity index (χ3v) is 5.08. The number of nitrogens with zero attached hydrogens (tertiary/aromatic N) is 4. The summed E-state index contributed by atoms with van der Waals surface area (Å²) >= 11 is 3.22. The molecule has 25 heavy (non-hydrogen) atoms. The van der Waals surface area contributed by atoms with Crippen molar-refractivity contribution in [2.24, 2.45) is 0 Å². The summed E-state index contributed by atoms with van der Waals surface area (Å²) in [5.41, 5.74) is 2.20. The minimum atomic E-state index is -2.67. The Balaban J connectivity index is 1.68. The summed E-state index contributed by atoms with van der Waals surface area (Å²) in [4.78, 5) is 12.3. The van der Waals surface area contributed by atoms with E-state index in [0.29, 0.717) is 16.7 Å². The van der Waals surface area contributed by atoms with E-state index in [1.54, 1.807) is 0 Å². The zero-order valence-corrected chi connectivity index (χ0v) is 15.7. The average molecular weight is 416 g/mol. The van der Waals surface area contributed by atoms with Crippen LogP contribution in [-0.2, 0) is 24.4 Å². The second-order valence-corrected chi connectivity index (χ2v) is 6.98. The largest absolute Gasteiger partial charge is 0.350 e. The highest BCUT2D eigenvalue weighted by atomic mass is 79.9. The number of alkyl halides is 2. The highest BCUT2D eigenvalue weighted by molar-refractivity contribution is 9.10. The molecular formula is C16H20BrF2N5O. The Morgan fingerprint density at radius 1 is 1.44 bits per heavy atom. The van der Waals surface area contributed by atoms with Gasteiger partial charge in [0.25, 0.3) is 6.43 Å². The number of hydrogen-bond acceptors (Lipinski definition) is 3. The quantitative estimate of drug-likeness (QED) is 0.754. The van der Waals surface area contributed by atoms with E-state index in [1.807, 2.05) is 24.7 Å². The highest BCUT2D eigenvalue weighted by Crippen LogP contribution is 2.45. The standard InChI is InChI=1S/C16H20BrF2N5O/c1-3-23-7-11(9(2)21-23)6-20-12(25)8-24-15(10-4-5-10)13(17)14(22-24)16(18)19/h7,10,16H,3-6,8H2,1-2H3,(H,20,25). The molecule has 1 aliphatic carbocycles. The van der Waals surface area contributed by atoms with Crippen LogP contribution in [0.4, 0.5) is 8.78 Å². The Morgan fingerprint density at radius 2 is 2.16 bits per heavy atom. The van der Waals surface area contributed by atoms with Gasteiger partial charge in [-0.05, 0) is 42.6 Å². The zero-order valence-electron chi connectivity index (χ0n) is 14.1. The average Bonchev–Trinajstić information content (AvgIpc) is 3.25. The van der Waals surface area contributed by atoms with Crippen molar-refractivity contribution in [3.63, 3.8) is 0 Å². The molecule has 0 radical (unpaired) electrons. The number of halogens is 3. The van der Waals surface area contributed by atoms with Gasteiger partial charge in [0.1, 0.15) is 12.2 Å². The molecule has 0 atom stereocenters. The number of hydrogen-bond donors (Lipinski definition) is 1. The Kier molecular flexibility index (Phi) is 5.21. The first-order valence-electron chi connectivity index (χ1n) is 8.24. The van der Waals surface area contributed by atoms with Crippen LogP contribution in [0.3, 0.4) is 0 Å². The minimum absolute atomic E-state index is 0.0713. The second-order valence-electron chi connectivity index (χ2n) is 6.19. The molecular weight excluding hydrogens is 396 g/mol. The summed E-state index contributed by atoms with van der Waals surface area (Å²) in [7, 11) is 0. The molecule has 1 amide bonds. The third-order valence-electron chi connectivity index (χ3n) is 4.27. The van der Waals surface area contributed by atoms with Crippen molar-refractivity contribution in [3.05, 3.63) is 33.3 Å². The lowest BCUT2D eigenvalue weighted by atomic mass is 10.2. The van der Waals surface area contributed by atoms with Gasteiger partial charge in [0.2, 0.25) is 5.91 Å². The number of aromatic nitrogens is 4. The Bertz CT molecular complexity index is 782. The van der Waals surface area contributed by atoms with Crippen LogP contribution in [0.5, 0.6) is 0 Å². The molecule has 136 valence electrons. The number of carbonyl (C=O) groups excluding carboxylic acids is 1. The summed E-state index contributed by atoms with van der Waals surface area (Å²) in [6.07, 6.45) is 1.09. The number of amides is 1. The lowest BCUT2D eigenvalue weighted by Gasteiger charge is -2.08. The molecule has 2 heterocycles. The van der Waals surface area contributed by atoms with Gasteiger partial charge in [-0.25, -0.2) is 8.78 Å². The summed E-state index contributed by atoms with van der Waals surface area (Å²) in [6.45, 7) is 4.92. The first-order chi connectivity index (χ1) is 11.9. The fraction of sp³-hybridized carbons (Fsp3) is 0.562. The van der Waals surface area contributed by atoms with E-state index in [-0.39, 0.29) is 24.1 Å². The molecule has 2 aromatic heterocycles. The molecule has 0 spiro atoms. The summed E-state index contributed by atoms with van der Waals surface area (Å²) in [5, 5.41) is 11.1. The molecule has 6 nitrogen and oxygen atoms in total. The van der Waals surface area contributed by atoms with Crippen LogP contribution >= 0.6 is 15.9 Å². The Morgan fingerprint density at radius 3 is 2.72 bits per heavy atom. The van der Waals surface area contributed by atoms with Gasteiger partial charge < -0.3 is 5.32 Å². The van der Waals surface area contributed by atoms with E-state index >= 15 is 0 Å². The third kappa shape index (κ3) is 3.91. The topological polar surface area (TPSA) is 64.7 Å². The van der Waals surface area contributed by atoms with Crippen molar-refractivity contribution < 1.29 is 13.6 Å². The Labute approximate surface area is 152 Å². The molecule has 1 fully saturated rings. The van der Waals surface area contributed by atoms with Gasteiger partial charge in [-0.2, -0.15) is 10.2 Å². The Hall–Kier alpha value is -1.77. The fourth-order valence-electron chi connectivity index (χ4n) is 2.76. The first kappa shape index (κ1) is 18.0. The van der Waals surface area contributed by atoms with Crippen LogP contribution < -0.4 is 5.32 Å². The highest BCUT2D eigenvalue weighted by Gasteiger charge is 2.34. The molecule has 2 aromatic rings. The van der Waals surface area contributed by atoms with Crippen molar-refractivity contribution in [1.29, 1.82) is 0 Å². The summed E-state index contributed by atoms with van der Waals surface area (Å²) in [5.74, 6) is -0.0615. The number of carbonyl (C=O) groups is 1. The first-order valence-corrected chi connectivity index (χ1v) is 9.03. The van der Waals surface area contributed by atoms with E-state index in [4.69, 9.17) is 0 Å². The normalized spacial score (nSPS) is 14.3. The van der Waals surface area contributed by atoms with Gasteiger partial charge in [-0.3, -0.25) is 14.2 Å². The predicted octanol–water partition coefficient (Wildman–Crippen LogP) is 3.30. The minimum Gasteiger partial charge on any atom is -0.350 e. The fourth-order valence-corrected chi connectivity index (χ4v) is 3.54. The van der Waals surface area contributed by atoms with Gasteiger partial charge in [-0.15, -0.1) is 0 Å². The van der Waals surface area contributed by atoms with Crippen molar-refractivity contribution >= 4 is 21.8 Å². The summed E-state index contributed by atoms with van der Waals surface area (Å²) < 4.78 is 29.7. The van der Waals surface area contributed by atoms with Gasteiger partial charge in [0.15, 0.2) is 0 Å². The van der Waals surface area contributed by atoms with Crippen LogP contribution in [0.25, 0.3) is 0 Å². The zero-order chi connectivity index (χ0) is 18.1. The molecule has 1 aliphatic rings. The van der Waals surface area contributed by atoms with E-state index in [0.717, 1.165) is 30.6 Å². The number of rotatable bonds is 7.